The SMILES string of the molecule is CCCOc1cccc(/C(O)=C2\C(=O)C(=O)N(c3nc4cc(F)c(F)cc4s3)C2c2cccs2)c1. The maximum Gasteiger partial charge on any atom is 0.301 e. The molecule has 0 bridgehead atoms. The number of ether oxygens (including phenoxy) is 1. The van der Waals surface area contributed by atoms with E-state index in [0.717, 1.165) is 29.9 Å². The number of nitrogens with zero attached hydrogens (tertiary/aromatic N) is 2. The highest BCUT2D eigenvalue weighted by molar-refractivity contribution is 7.22. The van der Waals surface area contributed by atoms with Gasteiger partial charge in [0, 0.05) is 16.5 Å². The number of aliphatic hydroxyl groups is 1. The fourth-order valence-corrected chi connectivity index (χ4v) is 5.69. The number of hydrogen-bond donors (Lipinski definition) is 1. The van der Waals surface area contributed by atoms with Gasteiger partial charge in [0.05, 0.1) is 22.4 Å². The molecule has 0 aliphatic carbocycles. The number of carbonyl (C=O) groups is 2. The van der Waals surface area contributed by atoms with E-state index in [9.17, 15) is 23.5 Å². The van der Waals surface area contributed by atoms with Crippen LogP contribution >= 0.6 is 22.7 Å². The summed E-state index contributed by atoms with van der Waals surface area (Å²) in [4.78, 5) is 32.5. The van der Waals surface area contributed by atoms with E-state index in [1.807, 2.05) is 6.92 Å². The first-order valence-corrected chi connectivity index (χ1v) is 12.4. The Labute approximate surface area is 206 Å². The van der Waals surface area contributed by atoms with Crippen molar-refractivity contribution >= 4 is 55.5 Å². The Kier molecular flexibility index (Phi) is 6.08. The molecule has 1 aliphatic heterocycles. The smallest absolute Gasteiger partial charge is 0.301 e. The van der Waals surface area contributed by atoms with Crippen LogP contribution in [0.5, 0.6) is 5.75 Å². The fourth-order valence-electron chi connectivity index (χ4n) is 3.87. The third kappa shape index (κ3) is 4.08. The summed E-state index contributed by atoms with van der Waals surface area (Å²) in [6.07, 6.45) is 0.801. The molecule has 1 atom stereocenters. The van der Waals surface area contributed by atoms with Crippen molar-refractivity contribution in [2.24, 2.45) is 0 Å². The zero-order valence-electron chi connectivity index (χ0n) is 18.3. The van der Waals surface area contributed by atoms with Gasteiger partial charge in [-0.05, 0) is 36.1 Å². The normalized spacial score (nSPS) is 17.5. The molecule has 3 heterocycles. The second-order valence-corrected chi connectivity index (χ2v) is 9.78. The van der Waals surface area contributed by atoms with Crippen molar-refractivity contribution in [1.82, 2.24) is 4.98 Å². The van der Waals surface area contributed by atoms with E-state index >= 15 is 0 Å². The van der Waals surface area contributed by atoms with Crippen LogP contribution < -0.4 is 9.64 Å². The molecule has 178 valence electrons. The molecule has 5 rings (SSSR count). The lowest BCUT2D eigenvalue weighted by Crippen LogP contribution is -2.28. The third-order valence-electron chi connectivity index (χ3n) is 5.46. The van der Waals surface area contributed by atoms with E-state index < -0.39 is 29.4 Å². The van der Waals surface area contributed by atoms with Gasteiger partial charge in [0.1, 0.15) is 17.6 Å². The maximum absolute atomic E-state index is 13.8. The van der Waals surface area contributed by atoms with Gasteiger partial charge in [-0.25, -0.2) is 13.8 Å². The maximum atomic E-state index is 13.8. The largest absolute Gasteiger partial charge is 0.507 e. The Morgan fingerprint density at radius 3 is 2.69 bits per heavy atom. The minimum absolute atomic E-state index is 0.0956. The number of aromatic nitrogens is 1. The standard InChI is InChI=1S/C25H18F2N2O4S2/c1-2-8-33-14-6-3-5-13(10-14)22(30)20-21(18-7-4-9-34-18)29(24(32)23(20)31)25-28-17-11-15(26)16(27)12-19(17)35-25/h3-7,9-12,21,30H,2,8H2,1H3/b22-20+. The van der Waals surface area contributed by atoms with Crippen molar-refractivity contribution in [3.8, 4) is 5.75 Å². The molecule has 1 saturated heterocycles. The highest BCUT2D eigenvalue weighted by Gasteiger charge is 2.48. The van der Waals surface area contributed by atoms with Crippen molar-refractivity contribution in [2.45, 2.75) is 19.4 Å². The van der Waals surface area contributed by atoms with Crippen molar-refractivity contribution in [3.63, 3.8) is 0 Å². The number of thiophene rings is 1. The number of fused-ring (bicyclic) bond motifs is 1. The predicted octanol–water partition coefficient (Wildman–Crippen LogP) is 6.05. The number of halogens is 2. The van der Waals surface area contributed by atoms with E-state index in [1.165, 1.54) is 16.2 Å². The van der Waals surface area contributed by atoms with Gasteiger partial charge in [0.2, 0.25) is 0 Å². The number of ketones is 1. The van der Waals surface area contributed by atoms with Crippen molar-refractivity contribution in [1.29, 1.82) is 0 Å². The zero-order chi connectivity index (χ0) is 24.7. The molecule has 6 nitrogen and oxygen atoms in total. The zero-order valence-corrected chi connectivity index (χ0v) is 20.0. The van der Waals surface area contributed by atoms with E-state index in [4.69, 9.17) is 4.74 Å². The summed E-state index contributed by atoms with van der Waals surface area (Å²) >= 11 is 2.27. The molecule has 10 heteroatoms. The Bertz CT molecular complexity index is 1440. The average Bonchev–Trinajstić information content (AvgIpc) is 3.57. The third-order valence-corrected chi connectivity index (χ3v) is 7.40. The predicted molar refractivity (Wildman–Crippen MR) is 131 cm³/mol. The lowest BCUT2D eigenvalue weighted by Gasteiger charge is -2.21. The van der Waals surface area contributed by atoms with Crippen LogP contribution in [0.25, 0.3) is 16.0 Å². The topological polar surface area (TPSA) is 79.7 Å². The minimum Gasteiger partial charge on any atom is -0.507 e. The number of thiazole rings is 1. The minimum atomic E-state index is -1.06. The molecule has 1 fully saturated rings. The van der Waals surface area contributed by atoms with E-state index in [-0.39, 0.29) is 22.0 Å². The van der Waals surface area contributed by atoms with Crippen LogP contribution in [0.2, 0.25) is 0 Å². The van der Waals surface area contributed by atoms with Gasteiger partial charge in [-0.3, -0.25) is 14.5 Å². The Hall–Kier alpha value is -3.63. The molecule has 4 aromatic rings. The highest BCUT2D eigenvalue weighted by atomic mass is 32.1. The van der Waals surface area contributed by atoms with Crippen LogP contribution in [0.4, 0.5) is 13.9 Å². The summed E-state index contributed by atoms with van der Waals surface area (Å²) in [5.41, 5.74) is 0.393. The Morgan fingerprint density at radius 2 is 1.94 bits per heavy atom. The summed E-state index contributed by atoms with van der Waals surface area (Å²) in [5, 5.41) is 13.1. The van der Waals surface area contributed by atoms with E-state index in [0.29, 0.717) is 27.5 Å². The molecular weight excluding hydrogens is 494 g/mol. The first-order valence-electron chi connectivity index (χ1n) is 10.7. The molecule has 2 aromatic heterocycles. The van der Waals surface area contributed by atoms with Gasteiger partial charge in [-0.2, -0.15) is 0 Å². The Morgan fingerprint density at radius 1 is 1.14 bits per heavy atom. The average molecular weight is 513 g/mol. The summed E-state index contributed by atoms with van der Waals surface area (Å²) in [6.45, 7) is 2.46. The monoisotopic (exact) mass is 512 g/mol. The second-order valence-electron chi connectivity index (χ2n) is 7.79. The summed E-state index contributed by atoms with van der Waals surface area (Å²) in [7, 11) is 0. The molecular formula is C25H18F2N2O4S2. The number of Topliss-reactive ketones (excluding diaryl/α,β-unsaturated/α-hetero) is 1. The molecule has 0 spiro atoms. The van der Waals surface area contributed by atoms with Gasteiger partial charge in [0.15, 0.2) is 16.8 Å². The van der Waals surface area contributed by atoms with Crippen molar-refractivity contribution in [2.75, 3.05) is 11.5 Å². The van der Waals surface area contributed by atoms with Crippen LogP contribution in [0.3, 0.4) is 0 Å². The van der Waals surface area contributed by atoms with Crippen LogP contribution in [-0.2, 0) is 9.59 Å². The first-order chi connectivity index (χ1) is 16.9. The van der Waals surface area contributed by atoms with Crippen LogP contribution in [0, 0.1) is 11.6 Å². The number of carbonyl (C=O) groups excluding carboxylic acids is 2. The van der Waals surface area contributed by atoms with Gasteiger partial charge in [-0.15, -0.1) is 11.3 Å². The van der Waals surface area contributed by atoms with Crippen molar-refractivity contribution < 1.29 is 28.2 Å². The molecule has 1 unspecified atom stereocenters. The number of anilines is 1. The quantitative estimate of drug-likeness (QED) is 0.193. The van der Waals surface area contributed by atoms with Crippen LogP contribution in [0.15, 0.2) is 59.5 Å². The van der Waals surface area contributed by atoms with E-state index in [1.54, 1.807) is 41.8 Å². The Balaban J connectivity index is 1.65. The molecule has 1 aliphatic rings. The number of benzene rings is 2. The van der Waals surface area contributed by atoms with Gasteiger partial charge in [0.25, 0.3) is 5.78 Å². The first kappa shape index (κ1) is 23.1. The number of rotatable bonds is 6. The fraction of sp³-hybridized carbons (Fsp3) is 0.160. The van der Waals surface area contributed by atoms with E-state index in [2.05, 4.69) is 4.98 Å². The van der Waals surface area contributed by atoms with Crippen LogP contribution in [-0.4, -0.2) is 28.4 Å². The number of amides is 1. The molecule has 1 amide bonds. The molecule has 1 N–H and O–H groups in total. The number of aliphatic hydroxyl groups excluding tert-OH is 1. The highest BCUT2D eigenvalue weighted by Crippen LogP contribution is 2.45. The summed E-state index contributed by atoms with van der Waals surface area (Å²) in [5.74, 6) is -3.68. The lowest BCUT2D eigenvalue weighted by atomic mass is 10.00. The van der Waals surface area contributed by atoms with Gasteiger partial charge in [-0.1, -0.05) is 36.5 Å². The lowest BCUT2D eigenvalue weighted by molar-refractivity contribution is -0.132. The molecule has 0 radical (unpaired) electrons. The van der Waals surface area contributed by atoms with Gasteiger partial charge < -0.3 is 9.84 Å². The summed E-state index contributed by atoms with van der Waals surface area (Å²) < 4.78 is 33.5. The number of hydrogen-bond acceptors (Lipinski definition) is 7. The second kappa shape index (κ2) is 9.20. The van der Waals surface area contributed by atoms with Gasteiger partial charge >= 0.3 is 5.91 Å². The molecule has 2 aromatic carbocycles. The summed E-state index contributed by atoms with van der Waals surface area (Å²) in [6, 6.07) is 11.2. The van der Waals surface area contributed by atoms with Crippen LogP contribution in [0.1, 0.15) is 29.8 Å². The molecule has 0 saturated carbocycles. The molecule has 35 heavy (non-hydrogen) atoms. The van der Waals surface area contributed by atoms with Crippen molar-refractivity contribution in [3.05, 3.63) is 81.6 Å².